The monoisotopic (exact) mass is 508 g/mol. The molecule has 0 radical (unpaired) electrons. The highest BCUT2D eigenvalue weighted by atomic mass is 35.5. The van der Waals surface area contributed by atoms with Crippen molar-refractivity contribution in [1.82, 2.24) is 9.96 Å². The highest BCUT2D eigenvalue weighted by Crippen LogP contribution is 2.42. The van der Waals surface area contributed by atoms with E-state index in [9.17, 15) is 32.3 Å². The van der Waals surface area contributed by atoms with Gasteiger partial charge in [0.15, 0.2) is 5.78 Å². The summed E-state index contributed by atoms with van der Waals surface area (Å²) >= 11 is 6.32. The van der Waals surface area contributed by atoms with Gasteiger partial charge >= 0.3 is 24.2 Å². The number of alkyl halides is 3. The van der Waals surface area contributed by atoms with Gasteiger partial charge in [-0.2, -0.15) is 13.2 Å². The Morgan fingerprint density at radius 3 is 2.38 bits per heavy atom. The van der Waals surface area contributed by atoms with E-state index in [0.29, 0.717) is 34.9 Å². The molecule has 13 heteroatoms. The van der Waals surface area contributed by atoms with Gasteiger partial charge in [-0.1, -0.05) is 29.8 Å². The largest absolute Gasteiger partial charge is 0.492 e. The van der Waals surface area contributed by atoms with Crippen molar-refractivity contribution in [2.45, 2.75) is 50.4 Å². The average molecular weight is 509 g/mol. The lowest BCUT2D eigenvalue weighted by molar-refractivity contribution is -0.241. The number of Topliss-reactive ketones (excluding diaryl/α,β-unsaturated/α-hetero) is 1. The first kappa shape index (κ1) is 27.4. The number of amides is 1. The molecule has 0 saturated heterocycles. The summed E-state index contributed by atoms with van der Waals surface area (Å²) in [4.78, 5) is 53.8. The van der Waals surface area contributed by atoms with Crippen LogP contribution >= 0.6 is 11.6 Å². The van der Waals surface area contributed by atoms with Crippen LogP contribution in [0.1, 0.15) is 38.2 Å². The van der Waals surface area contributed by atoms with Gasteiger partial charge in [0, 0.05) is 31.1 Å². The molecule has 2 atom stereocenters. The Morgan fingerprint density at radius 1 is 1.15 bits per heavy atom. The summed E-state index contributed by atoms with van der Waals surface area (Å²) in [5.74, 6) is -3.85. The van der Waals surface area contributed by atoms with E-state index in [0.717, 1.165) is 18.9 Å². The predicted octanol–water partition coefficient (Wildman–Crippen LogP) is 3.59. The minimum Gasteiger partial charge on any atom is -0.427 e. The highest BCUT2D eigenvalue weighted by molar-refractivity contribution is 6.31. The first-order chi connectivity index (χ1) is 15.8. The van der Waals surface area contributed by atoms with Gasteiger partial charge in [-0.25, -0.2) is 9.59 Å². The highest BCUT2D eigenvalue weighted by Gasteiger charge is 2.48. The number of esters is 1. The zero-order valence-corrected chi connectivity index (χ0v) is 19.4. The van der Waals surface area contributed by atoms with Gasteiger partial charge in [0.25, 0.3) is 0 Å². The van der Waals surface area contributed by atoms with E-state index in [2.05, 4.69) is 4.84 Å². The van der Waals surface area contributed by atoms with Crippen molar-refractivity contribution in [1.29, 1.82) is 0 Å². The topological polar surface area (TPSA) is 102 Å². The Morgan fingerprint density at radius 2 is 1.79 bits per heavy atom. The fourth-order valence-electron chi connectivity index (χ4n) is 3.55. The van der Waals surface area contributed by atoms with Crippen molar-refractivity contribution in [3.8, 4) is 0 Å². The predicted molar refractivity (Wildman–Crippen MR) is 111 cm³/mol. The number of likely N-dealkylation sites (N-methyl/N-ethyl adjacent to an activating group) is 2. The number of hydrogen-bond donors (Lipinski definition) is 0. The third-order valence-electron chi connectivity index (χ3n) is 5.55. The molecular weight excluding hydrogens is 485 g/mol. The zero-order valence-electron chi connectivity index (χ0n) is 18.7. The molecule has 9 nitrogen and oxygen atoms in total. The number of carbonyl (C=O) groups excluding carboxylic acids is 4. The molecule has 0 heterocycles. The van der Waals surface area contributed by atoms with E-state index in [1.165, 1.54) is 7.05 Å². The summed E-state index contributed by atoms with van der Waals surface area (Å²) in [7, 11) is 2.29. The summed E-state index contributed by atoms with van der Waals surface area (Å²) in [5.41, 5.74) is -0.920. The lowest BCUT2D eigenvalue weighted by atomic mass is 9.74. The normalized spacial score (nSPS) is 19.4. The molecular formula is C21H24ClF3N2O7. The van der Waals surface area contributed by atoms with Gasteiger partial charge in [0.2, 0.25) is 6.79 Å². The number of ether oxygens (including phenoxy) is 2. The van der Waals surface area contributed by atoms with Gasteiger partial charge in [0.05, 0.1) is 0 Å². The smallest absolute Gasteiger partial charge is 0.427 e. The molecule has 1 fully saturated rings. The maximum atomic E-state index is 13.0. The summed E-state index contributed by atoms with van der Waals surface area (Å²) < 4.78 is 46.6. The third kappa shape index (κ3) is 5.98. The minimum atomic E-state index is -5.24. The van der Waals surface area contributed by atoms with Gasteiger partial charge < -0.3 is 14.3 Å². The van der Waals surface area contributed by atoms with Crippen molar-refractivity contribution in [2.75, 3.05) is 20.9 Å². The van der Waals surface area contributed by atoms with Crippen LogP contribution in [0.4, 0.5) is 18.0 Å². The summed E-state index contributed by atoms with van der Waals surface area (Å²) in [6.45, 7) is 0.229. The first-order valence-electron chi connectivity index (χ1n) is 10.2. The molecule has 1 aliphatic carbocycles. The quantitative estimate of drug-likeness (QED) is 0.313. The van der Waals surface area contributed by atoms with E-state index in [4.69, 9.17) is 21.1 Å². The van der Waals surface area contributed by atoms with Crippen molar-refractivity contribution >= 4 is 35.4 Å². The van der Waals surface area contributed by atoms with Crippen LogP contribution in [-0.4, -0.2) is 66.9 Å². The lowest BCUT2D eigenvalue weighted by Crippen LogP contribution is -2.54. The molecule has 2 rings (SSSR count). The SMILES string of the molecule is C[C@@H](C(=O)OCOC(=O)N(C)[C@]1(c2ccccc2Cl)CCCCC1=O)N(C)OC(=O)C(F)(F)F. The molecule has 0 N–H and O–H groups in total. The number of nitrogens with zero attached hydrogens (tertiary/aromatic N) is 2. The Hall–Kier alpha value is -2.86. The van der Waals surface area contributed by atoms with Crippen molar-refractivity contribution in [3.63, 3.8) is 0 Å². The zero-order chi connectivity index (χ0) is 25.7. The second kappa shape index (κ2) is 11.0. The summed E-state index contributed by atoms with van der Waals surface area (Å²) in [6, 6.07) is 5.20. The Labute approximate surface area is 198 Å². The molecule has 0 aromatic heterocycles. The van der Waals surface area contributed by atoms with Crippen LogP contribution in [0.2, 0.25) is 5.02 Å². The van der Waals surface area contributed by atoms with Gasteiger partial charge in [-0.3, -0.25) is 14.5 Å². The van der Waals surface area contributed by atoms with Crippen molar-refractivity contribution < 1.29 is 46.7 Å². The number of benzene rings is 1. The molecule has 0 bridgehead atoms. The lowest BCUT2D eigenvalue weighted by Gasteiger charge is -2.43. The third-order valence-corrected chi connectivity index (χ3v) is 5.88. The van der Waals surface area contributed by atoms with Crippen LogP contribution in [0.3, 0.4) is 0 Å². The molecule has 0 spiro atoms. The Bertz CT molecular complexity index is 943. The molecule has 1 aliphatic rings. The van der Waals surface area contributed by atoms with Crippen LogP contribution < -0.4 is 0 Å². The summed E-state index contributed by atoms with van der Waals surface area (Å²) in [5, 5.41) is 0.660. The maximum Gasteiger partial charge on any atom is 0.492 e. The summed E-state index contributed by atoms with van der Waals surface area (Å²) in [6.07, 6.45) is -4.36. The average Bonchev–Trinajstić information content (AvgIpc) is 2.78. The van der Waals surface area contributed by atoms with Crippen LogP contribution in [0, 0.1) is 0 Å². The van der Waals surface area contributed by atoms with Crippen LogP contribution in [0.25, 0.3) is 0 Å². The minimum absolute atomic E-state index is 0.218. The van der Waals surface area contributed by atoms with Crippen LogP contribution in [0.15, 0.2) is 24.3 Å². The van der Waals surface area contributed by atoms with Crippen LogP contribution in [0.5, 0.6) is 0 Å². The Balaban J connectivity index is 2.03. The van der Waals surface area contributed by atoms with Gasteiger partial charge in [0.1, 0.15) is 11.6 Å². The Kier molecular flexibility index (Phi) is 8.89. The van der Waals surface area contributed by atoms with Crippen molar-refractivity contribution in [3.05, 3.63) is 34.9 Å². The molecule has 0 aliphatic heterocycles. The molecule has 1 amide bonds. The second-order valence-electron chi connectivity index (χ2n) is 7.62. The standard InChI is InChI=1S/C21H24ClF3N2O7/c1-13(27(3)34-18(30)21(23,24)25)17(29)32-12-33-19(31)26(2)20(11-7-6-10-16(20)28)14-8-4-5-9-15(14)22/h4-5,8-9,13H,6-7,10-12H2,1-3H3/t13-,20-/m0/s1. The number of ketones is 1. The molecule has 34 heavy (non-hydrogen) atoms. The van der Waals surface area contributed by atoms with E-state index < -0.39 is 42.6 Å². The van der Waals surface area contributed by atoms with Gasteiger partial charge in [-0.15, -0.1) is 5.06 Å². The van der Waals surface area contributed by atoms with E-state index in [1.807, 2.05) is 0 Å². The van der Waals surface area contributed by atoms with Crippen molar-refractivity contribution in [2.24, 2.45) is 0 Å². The fraction of sp³-hybridized carbons (Fsp3) is 0.524. The molecule has 0 unspecified atom stereocenters. The number of carbonyl (C=O) groups is 4. The number of rotatable bonds is 7. The number of hydrogen-bond acceptors (Lipinski definition) is 8. The number of halogens is 4. The van der Waals surface area contributed by atoms with Crippen LogP contribution in [-0.2, 0) is 34.2 Å². The number of hydroxylamine groups is 2. The second-order valence-corrected chi connectivity index (χ2v) is 8.03. The van der Waals surface area contributed by atoms with Gasteiger partial charge in [-0.05, 0) is 32.3 Å². The van der Waals surface area contributed by atoms with E-state index >= 15 is 0 Å². The fourth-order valence-corrected chi connectivity index (χ4v) is 3.84. The molecule has 1 aromatic rings. The van der Waals surface area contributed by atoms with E-state index in [-0.39, 0.29) is 12.2 Å². The molecule has 1 saturated carbocycles. The molecule has 188 valence electrons. The van der Waals surface area contributed by atoms with E-state index in [1.54, 1.807) is 24.3 Å². The maximum absolute atomic E-state index is 13.0. The molecule has 1 aromatic carbocycles. The first-order valence-corrected chi connectivity index (χ1v) is 10.6.